The molecule has 0 aliphatic rings. The molecule has 3 heterocycles. The van der Waals surface area contributed by atoms with Crippen LogP contribution in [0.4, 0.5) is 0 Å². The normalized spacial score (nSPS) is 8.67. The van der Waals surface area contributed by atoms with Gasteiger partial charge in [0.2, 0.25) is 0 Å². The van der Waals surface area contributed by atoms with Crippen LogP contribution < -0.4 is 0 Å². The fourth-order valence-corrected chi connectivity index (χ4v) is 3.72. The molecule has 45 heavy (non-hydrogen) atoms. The van der Waals surface area contributed by atoms with Crippen LogP contribution in [0.2, 0.25) is 0 Å². The maximum atomic E-state index is 7.13. The zero-order chi connectivity index (χ0) is 31.8. The summed E-state index contributed by atoms with van der Waals surface area (Å²) in [4.78, 5) is 12.0. The van der Waals surface area contributed by atoms with Gasteiger partial charge in [0.05, 0.1) is 0 Å². The van der Waals surface area contributed by atoms with E-state index in [1.807, 2.05) is 91.8 Å². The van der Waals surface area contributed by atoms with Gasteiger partial charge in [-0.3, -0.25) is 15.0 Å². The van der Waals surface area contributed by atoms with Crippen molar-refractivity contribution in [1.29, 1.82) is 0 Å². The average molecular weight is 669 g/mol. The number of nitrogens with zero attached hydrogens (tertiary/aromatic N) is 5. The third-order valence-corrected chi connectivity index (χ3v) is 5.87. The summed E-state index contributed by atoms with van der Waals surface area (Å²) in [5.41, 5.74) is 2.66. The molecule has 0 spiro atoms. The van der Waals surface area contributed by atoms with Crippen molar-refractivity contribution in [3.8, 4) is 0 Å². The van der Waals surface area contributed by atoms with Crippen LogP contribution in [0, 0.1) is 13.8 Å². The summed E-state index contributed by atoms with van der Waals surface area (Å²) in [6.45, 7) is 4.19. The van der Waals surface area contributed by atoms with Crippen molar-refractivity contribution in [2.45, 2.75) is 13.8 Å². The van der Waals surface area contributed by atoms with Crippen LogP contribution >= 0.6 is 24.4 Å². The van der Waals surface area contributed by atoms with Crippen molar-refractivity contribution in [3.63, 3.8) is 0 Å². The minimum atomic E-state index is 0. The van der Waals surface area contributed by atoms with Gasteiger partial charge in [-0.2, -0.15) is 10.3 Å². The molecule has 0 atom stereocenters. The van der Waals surface area contributed by atoms with Crippen LogP contribution in [0.1, 0.15) is 11.1 Å². The van der Waals surface area contributed by atoms with Crippen molar-refractivity contribution >= 4 is 67.1 Å². The van der Waals surface area contributed by atoms with Crippen LogP contribution in [0.3, 0.4) is 0 Å². The van der Waals surface area contributed by atoms with E-state index in [1.165, 1.54) is 53.8 Å². The molecular formula is C37H31N5NiS2. The maximum Gasteiger partial charge on any atom is 2.00 e. The molecule has 0 aliphatic carbocycles. The number of hydrogen-bond donors (Lipinski definition) is 0. The Morgan fingerprint density at radius 3 is 0.867 bits per heavy atom. The van der Waals surface area contributed by atoms with Crippen molar-refractivity contribution < 1.29 is 16.5 Å². The predicted octanol–water partition coefficient (Wildman–Crippen LogP) is 10.3. The molecule has 0 bridgehead atoms. The molecule has 0 fully saturated rings. The molecule has 7 rings (SSSR count). The Balaban J connectivity index is 0.000000282. The molecule has 0 radical (unpaired) electrons. The zero-order valence-electron chi connectivity index (χ0n) is 24.8. The SMILES string of the molecule is Cc1ccc(C)cc1.[N-]=C=S.[N-]=C=S.[Ni+2].c1ccc2cnccc2c1.c1ccc2cnccc2c1.c1ccc2cnccc2c1. The first kappa shape index (κ1) is 38.2. The molecule has 226 valence electrons. The van der Waals surface area contributed by atoms with Gasteiger partial charge in [0.1, 0.15) is 0 Å². The number of pyridine rings is 3. The number of isothiocyanates is 2. The maximum absolute atomic E-state index is 7.13. The topological polar surface area (TPSA) is 83.3 Å². The van der Waals surface area contributed by atoms with E-state index in [2.05, 4.69) is 114 Å². The molecule has 0 unspecified atom stereocenters. The van der Waals surface area contributed by atoms with Gasteiger partial charge < -0.3 is 10.8 Å². The third kappa shape index (κ3) is 15.5. The van der Waals surface area contributed by atoms with E-state index in [0.717, 1.165) is 0 Å². The smallest absolute Gasteiger partial charge is 0.753 e. The molecule has 4 aromatic carbocycles. The molecule has 7 aromatic rings. The van der Waals surface area contributed by atoms with Gasteiger partial charge in [-0.05, 0) is 64.4 Å². The van der Waals surface area contributed by atoms with E-state index >= 15 is 0 Å². The first-order valence-electron chi connectivity index (χ1n) is 13.4. The molecule has 0 saturated carbocycles. The zero-order valence-corrected chi connectivity index (χ0v) is 27.4. The number of hydrogen-bond acceptors (Lipinski definition) is 5. The number of aryl methyl sites for hydroxylation is 2. The van der Waals surface area contributed by atoms with Gasteiger partial charge in [-0.1, -0.05) is 133 Å². The number of fused-ring (bicyclic) bond motifs is 3. The molecule has 8 heteroatoms. The van der Waals surface area contributed by atoms with Crippen LogP contribution in [-0.4, -0.2) is 25.3 Å². The quantitative estimate of drug-likeness (QED) is 0.0913. The average Bonchev–Trinajstić information content (AvgIpc) is 3.08. The first-order valence-corrected chi connectivity index (χ1v) is 14.3. The van der Waals surface area contributed by atoms with Gasteiger partial charge in [0.25, 0.3) is 0 Å². The van der Waals surface area contributed by atoms with E-state index in [9.17, 15) is 0 Å². The predicted molar refractivity (Wildman–Crippen MR) is 193 cm³/mol. The Morgan fingerprint density at radius 1 is 0.422 bits per heavy atom. The van der Waals surface area contributed by atoms with Gasteiger partial charge in [-0.15, -0.1) is 0 Å². The largest absolute Gasteiger partial charge is 2.00 e. The molecule has 5 nitrogen and oxygen atoms in total. The third-order valence-electron chi connectivity index (χ3n) is 5.87. The van der Waals surface area contributed by atoms with E-state index in [1.54, 1.807) is 0 Å². The first-order chi connectivity index (χ1) is 21.5. The Labute approximate surface area is 285 Å². The number of benzene rings is 4. The summed E-state index contributed by atoms with van der Waals surface area (Å²) in [7, 11) is 0. The summed E-state index contributed by atoms with van der Waals surface area (Å²) in [5, 5.41) is 24.3. The van der Waals surface area contributed by atoms with Gasteiger partial charge >= 0.3 is 16.5 Å². The summed E-state index contributed by atoms with van der Waals surface area (Å²) in [6, 6.07) is 39.1. The van der Waals surface area contributed by atoms with Gasteiger partial charge in [0.15, 0.2) is 0 Å². The summed E-state index contributed by atoms with van der Waals surface area (Å²) in [6.07, 6.45) is 11.0. The number of aromatic nitrogens is 3. The second-order valence-corrected chi connectivity index (χ2v) is 9.37. The van der Waals surface area contributed by atoms with Gasteiger partial charge in [0, 0.05) is 37.2 Å². The Bertz CT molecular complexity index is 1500. The van der Waals surface area contributed by atoms with E-state index in [4.69, 9.17) is 10.8 Å². The Hall–Kier alpha value is -4.80. The van der Waals surface area contributed by atoms with Crippen LogP contribution in [0.25, 0.3) is 43.1 Å². The minimum absolute atomic E-state index is 0. The van der Waals surface area contributed by atoms with Crippen LogP contribution in [0.15, 0.2) is 152 Å². The minimum Gasteiger partial charge on any atom is -0.753 e. The standard InChI is InChI=1S/3C9H7N.C8H10.2CNS.Ni/c3*1-2-4-9-7-10-6-5-8(9)3-1;1-7-3-5-8(2)6-4-7;2*2-1-3;/h3*1-7H;3-6H,1-2H3;;;/q;;;;2*-1;+2. The van der Waals surface area contributed by atoms with Crippen molar-refractivity contribution in [3.05, 3.63) is 174 Å². The molecule has 0 amide bonds. The van der Waals surface area contributed by atoms with Crippen molar-refractivity contribution in [1.82, 2.24) is 15.0 Å². The Kier molecular flexibility index (Phi) is 20.1. The molecular weight excluding hydrogens is 637 g/mol. The summed E-state index contributed by atoms with van der Waals surface area (Å²) >= 11 is 7.40. The van der Waals surface area contributed by atoms with Crippen LogP contribution in [-0.2, 0) is 16.5 Å². The second kappa shape index (κ2) is 23.6. The monoisotopic (exact) mass is 667 g/mol. The van der Waals surface area contributed by atoms with E-state index in [-0.39, 0.29) is 16.5 Å². The fourth-order valence-electron chi connectivity index (χ4n) is 3.72. The van der Waals surface area contributed by atoms with E-state index < -0.39 is 0 Å². The molecule has 0 saturated heterocycles. The van der Waals surface area contributed by atoms with Crippen LogP contribution in [0.5, 0.6) is 0 Å². The molecule has 0 aliphatic heterocycles. The molecule has 0 N–H and O–H groups in total. The Morgan fingerprint density at radius 2 is 0.644 bits per heavy atom. The van der Waals surface area contributed by atoms with Crippen molar-refractivity contribution in [2.75, 3.05) is 0 Å². The number of rotatable bonds is 0. The number of thiocarbonyl (C=S) groups is 2. The fraction of sp³-hybridized carbons (Fsp3) is 0.0541. The summed E-state index contributed by atoms with van der Waals surface area (Å²) in [5.74, 6) is 0. The summed E-state index contributed by atoms with van der Waals surface area (Å²) < 4.78 is 0. The second-order valence-electron chi connectivity index (χ2n) is 9.01. The van der Waals surface area contributed by atoms with Crippen molar-refractivity contribution in [2.24, 2.45) is 0 Å². The molecule has 3 aromatic heterocycles. The van der Waals surface area contributed by atoms with Gasteiger partial charge in [-0.25, -0.2) is 0 Å². The van der Waals surface area contributed by atoms with E-state index in [0.29, 0.717) is 0 Å².